The molecule has 2 saturated carbocycles. The molecule has 0 amide bonds. The van der Waals surface area contributed by atoms with Gasteiger partial charge in [0.15, 0.2) is 0 Å². The molecule has 1 heterocycles. The van der Waals surface area contributed by atoms with Crippen LogP contribution in [0.5, 0.6) is 0 Å². The highest BCUT2D eigenvalue weighted by Gasteiger charge is 2.59. The van der Waals surface area contributed by atoms with Crippen LogP contribution in [0.4, 0.5) is 0 Å². The summed E-state index contributed by atoms with van der Waals surface area (Å²) in [5, 5.41) is 4.02. The molecule has 0 aromatic carbocycles. The average molecular weight is 280 g/mol. The van der Waals surface area contributed by atoms with E-state index in [4.69, 9.17) is 4.74 Å². The van der Waals surface area contributed by atoms with Crippen LogP contribution in [-0.2, 0) is 4.74 Å². The van der Waals surface area contributed by atoms with Crippen molar-refractivity contribution in [2.45, 2.75) is 71.1 Å². The number of nitrogens with one attached hydrogen (secondary N) is 1. The third-order valence-electron chi connectivity index (χ3n) is 6.29. The van der Waals surface area contributed by atoms with E-state index >= 15 is 0 Å². The Kier molecular flexibility index (Phi) is 4.40. The van der Waals surface area contributed by atoms with E-state index in [0.717, 1.165) is 24.6 Å². The predicted molar refractivity (Wildman–Crippen MR) is 82.9 cm³/mol. The molecule has 0 aromatic rings. The number of likely N-dealkylation sites (tertiary alicyclic amines) is 1. The lowest BCUT2D eigenvalue weighted by Gasteiger charge is -2.62. The van der Waals surface area contributed by atoms with E-state index in [1.54, 1.807) is 0 Å². The lowest BCUT2D eigenvalue weighted by atomic mass is 9.50. The molecule has 1 spiro atoms. The number of rotatable bonds is 5. The van der Waals surface area contributed by atoms with Gasteiger partial charge in [0, 0.05) is 30.7 Å². The predicted octanol–water partition coefficient (Wildman–Crippen LogP) is 2.65. The first kappa shape index (κ1) is 14.8. The Morgan fingerprint density at radius 3 is 2.65 bits per heavy atom. The number of piperidine rings is 1. The molecule has 2 aliphatic carbocycles. The molecular formula is C17H32N2O. The number of hydrogen-bond acceptors (Lipinski definition) is 3. The van der Waals surface area contributed by atoms with Crippen molar-refractivity contribution in [3.05, 3.63) is 0 Å². The summed E-state index contributed by atoms with van der Waals surface area (Å²) >= 11 is 0. The second-order valence-corrected chi connectivity index (χ2v) is 7.25. The molecule has 1 saturated heterocycles. The molecular weight excluding hydrogens is 248 g/mol. The van der Waals surface area contributed by atoms with Gasteiger partial charge in [-0.1, -0.05) is 20.3 Å². The SMILES string of the molecule is CCO[C@@H]1C[C@H](N[C@H]2CCN(CC)C[C@@H]2C)C12CCC2. The Labute approximate surface area is 124 Å². The standard InChI is InChI=1S/C17H32N2O/c1-4-19-10-7-14(13(3)12-19)18-15-11-16(20-5-2)17(15)8-6-9-17/h13-16,18H,4-12H2,1-3H3/t13-,14-,15-,16+/m0/s1. The highest BCUT2D eigenvalue weighted by atomic mass is 16.5. The van der Waals surface area contributed by atoms with Gasteiger partial charge in [-0.25, -0.2) is 0 Å². The van der Waals surface area contributed by atoms with Crippen molar-refractivity contribution in [3.63, 3.8) is 0 Å². The molecule has 1 aliphatic heterocycles. The van der Waals surface area contributed by atoms with Gasteiger partial charge in [-0.3, -0.25) is 0 Å². The minimum Gasteiger partial charge on any atom is -0.378 e. The highest BCUT2D eigenvalue weighted by Crippen LogP contribution is 2.57. The van der Waals surface area contributed by atoms with Crippen LogP contribution in [0.1, 0.15) is 52.9 Å². The minimum atomic E-state index is 0.512. The Bertz CT molecular complexity index is 329. The van der Waals surface area contributed by atoms with Gasteiger partial charge in [-0.2, -0.15) is 0 Å². The maximum atomic E-state index is 5.97. The summed E-state index contributed by atoms with van der Waals surface area (Å²) in [6, 6.07) is 1.45. The molecule has 116 valence electrons. The summed E-state index contributed by atoms with van der Waals surface area (Å²) in [5.41, 5.74) is 0.512. The monoisotopic (exact) mass is 280 g/mol. The zero-order chi connectivity index (χ0) is 14.2. The highest BCUT2D eigenvalue weighted by molar-refractivity contribution is 5.13. The number of nitrogens with zero attached hydrogens (tertiary/aromatic N) is 1. The molecule has 3 nitrogen and oxygen atoms in total. The molecule has 1 N–H and O–H groups in total. The molecule has 0 bridgehead atoms. The van der Waals surface area contributed by atoms with Crippen molar-refractivity contribution < 1.29 is 4.74 Å². The summed E-state index contributed by atoms with van der Waals surface area (Å²) < 4.78 is 5.97. The van der Waals surface area contributed by atoms with Crippen molar-refractivity contribution in [3.8, 4) is 0 Å². The van der Waals surface area contributed by atoms with E-state index in [-0.39, 0.29) is 0 Å². The fraction of sp³-hybridized carbons (Fsp3) is 1.00. The van der Waals surface area contributed by atoms with E-state index in [0.29, 0.717) is 11.5 Å². The molecule has 4 atom stereocenters. The fourth-order valence-electron chi connectivity index (χ4n) is 4.70. The second-order valence-electron chi connectivity index (χ2n) is 7.25. The van der Waals surface area contributed by atoms with E-state index in [1.807, 2.05) is 0 Å². The summed E-state index contributed by atoms with van der Waals surface area (Å²) in [6.07, 6.45) is 7.29. The molecule has 0 unspecified atom stereocenters. The van der Waals surface area contributed by atoms with Gasteiger partial charge in [-0.05, 0) is 51.6 Å². The molecule has 3 heteroatoms. The van der Waals surface area contributed by atoms with Crippen molar-refractivity contribution in [2.24, 2.45) is 11.3 Å². The molecule has 3 aliphatic rings. The van der Waals surface area contributed by atoms with E-state index in [2.05, 4.69) is 31.0 Å². The van der Waals surface area contributed by atoms with E-state index in [1.165, 1.54) is 51.7 Å². The average Bonchev–Trinajstić information content (AvgIpc) is 2.37. The normalized spacial score (nSPS) is 40.4. The summed E-state index contributed by atoms with van der Waals surface area (Å²) in [4.78, 5) is 2.59. The molecule has 0 radical (unpaired) electrons. The Balaban J connectivity index is 1.54. The smallest absolute Gasteiger partial charge is 0.0661 e. The van der Waals surface area contributed by atoms with Crippen molar-refractivity contribution >= 4 is 0 Å². The summed E-state index contributed by atoms with van der Waals surface area (Å²) in [6.45, 7) is 11.5. The number of ether oxygens (including phenoxy) is 1. The van der Waals surface area contributed by atoms with Gasteiger partial charge < -0.3 is 15.0 Å². The van der Waals surface area contributed by atoms with Crippen LogP contribution in [0, 0.1) is 11.3 Å². The van der Waals surface area contributed by atoms with Crippen LogP contribution in [0.2, 0.25) is 0 Å². The van der Waals surface area contributed by atoms with E-state index < -0.39 is 0 Å². The molecule has 20 heavy (non-hydrogen) atoms. The van der Waals surface area contributed by atoms with Gasteiger partial charge in [0.25, 0.3) is 0 Å². The lowest BCUT2D eigenvalue weighted by Crippen LogP contribution is -2.69. The van der Waals surface area contributed by atoms with Gasteiger partial charge in [0.05, 0.1) is 6.10 Å². The van der Waals surface area contributed by atoms with Crippen molar-refractivity contribution in [2.75, 3.05) is 26.2 Å². The van der Waals surface area contributed by atoms with Crippen LogP contribution >= 0.6 is 0 Å². The first-order chi connectivity index (χ1) is 9.69. The Hall–Kier alpha value is -0.120. The minimum absolute atomic E-state index is 0.512. The number of hydrogen-bond donors (Lipinski definition) is 1. The largest absolute Gasteiger partial charge is 0.378 e. The Morgan fingerprint density at radius 2 is 2.10 bits per heavy atom. The lowest BCUT2D eigenvalue weighted by molar-refractivity contribution is -0.176. The van der Waals surface area contributed by atoms with Crippen molar-refractivity contribution in [1.82, 2.24) is 10.2 Å². The van der Waals surface area contributed by atoms with Crippen LogP contribution in [0.15, 0.2) is 0 Å². The maximum Gasteiger partial charge on any atom is 0.0661 e. The van der Waals surface area contributed by atoms with Crippen LogP contribution in [-0.4, -0.2) is 49.3 Å². The third kappa shape index (κ3) is 2.42. The first-order valence-electron chi connectivity index (χ1n) is 8.79. The van der Waals surface area contributed by atoms with Gasteiger partial charge in [0.2, 0.25) is 0 Å². The summed E-state index contributed by atoms with van der Waals surface area (Å²) in [7, 11) is 0. The molecule has 3 rings (SSSR count). The third-order valence-corrected chi connectivity index (χ3v) is 6.29. The quantitative estimate of drug-likeness (QED) is 0.838. The topological polar surface area (TPSA) is 24.5 Å². The van der Waals surface area contributed by atoms with Gasteiger partial charge >= 0.3 is 0 Å². The second kappa shape index (κ2) is 5.94. The first-order valence-corrected chi connectivity index (χ1v) is 8.79. The van der Waals surface area contributed by atoms with Crippen LogP contribution in [0.25, 0.3) is 0 Å². The van der Waals surface area contributed by atoms with Crippen LogP contribution < -0.4 is 5.32 Å². The zero-order valence-corrected chi connectivity index (χ0v) is 13.5. The fourth-order valence-corrected chi connectivity index (χ4v) is 4.70. The Morgan fingerprint density at radius 1 is 1.30 bits per heavy atom. The zero-order valence-electron chi connectivity index (χ0n) is 13.5. The van der Waals surface area contributed by atoms with Crippen molar-refractivity contribution in [1.29, 1.82) is 0 Å². The van der Waals surface area contributed by atoms with Crippen LogP contribution in [0.3, 0.4) is 0 Å². The van der Waals surface area contributed by atoms with Gasteiger partial charge in [0.1, 0.15) is 0 Å². The molecule has 3 fully saturated rings. The van der Waals surface area contributed by atoms with Gasteiger partial charge in [-0.15, -0.1) is 0 Å². The van der Waals surface area contributed by atoms with E-state index in [9.17, 15) is 0 Å². The molecule has 0 aromatic heterocycles. The summed E-state index contributed by atoms with van der Waals surface area (Å²) in [5.74, 6) is 0.784. The maximum absolute atomic E-state index is 5.97.